The van der Waals surface area contributed by atoms with E-state index in [4.69, 9.17) is 4.74 Å². The van der Waals surface area contributed by atoms with Gasteiger partial charge in [0.25, 0.3) is 5.56 Å². The summed E-state index contributed by atoms with van der Waals surface area (Å²) < 4.78 is 5.23. The second-order valence-corrected chi connectivity index (χ2v) is 6.98. The van der Waals surface area contributed by atoms with Crippen molar-refractivity contribution in [3.63, 3.8) is 0 Å². The first kappa shape index (κ1) is 15.7. The predicted octanol–water partition coefficient (Wildman–Crippen LogP) is 3.66. The van der Waals surface area contributed by atoms with Gasteiger partial charge in [-0.3, -0.25) is 4.79 Å². The molecule has 4 aromatic rings. The van der Waals surface area contributed by atoms with Gasteiger partial charge < -0.3 is 14.7 Å². The first-order valence-corrected chi connectivity index (χ1v) is 8.71. The summed E-state index contributed by atoms with van der Waals surface area (Å²) >= 11 is 1.51. The normalized spacial score (nSPS) is 12.6. The average Bonchev–Trinajstić information content (AvgIpc) is 3.02. The van der Waals surface area contributed by atoms with Gasteiger partial charge in [0.15, 0.2) is 5.16 Å². The molecule has 2 aromatic carbocycles. The highest BCUT2D eigenvalue weighted by molar-refractivity contribution is 7.99. The summed E-state index contributed by atoms with van der Waals surface area (Å²) in [6, 6.07) is 13.0. The Morgan fingerprint density at radius 1 is 1.08 bits per heavy atom. The van der Waals surface area contributed by atoms with E-state index < -0.39 is 0 Å². The molecule has 0 aliphatic rings. The third-order valence-electron chi connectivity index (χ3n) is 3.97. The highest BCUT2D eigenvalue weighted by Crippen LogP contribution is 2.33. The molecule has 2 heterocycles. The molecule has 4 rings (SSSR count). The molecule has 0 saturated carbocycles. The molecule has 0 unspecified atom stereocenters. The number of fused-ring (bicyclic) bond motifs is 2. The minimum atomic E-state index is -0.123. The summed E-state index contributed by atoms with van der Waals surface area (Å²) in [5.74, 6) is 1.41. The molecule has 7 heteroatoms. The maximum atomic E-state index is 12.2. The van der Waals surface area contributed by atoms with Gasteiger partial charge in [0.05, 0.1) is 34.3 Å². The lowest BCUT2D eigenvalue weighted by Crippen LogP contribution is -2.12. The van der Waals surface area contributed by atoms with Crippen LogP contribution in [0, 0.1) is 0 Å². The van der Waals surface area contributed by atoms with E-state index in [2.05, 4.69) is 19.9 Å². The van der Waals surface area contributed by atoms with Crippen LogP contribution in [-0.2, 0) is 0 Å². The molecule has 25 heavy (non-hydrogen) atoms. The summed E-state index contributed by atoms with van der Waals surface area (Å²) in [6.07, 6.45) is 0. The second-order valence-electron chi connectivity index (χ2n) is 5.65. The summed E-state index contributed by atoms with van der Waals surface area (Å²) in [6.45, 7) is 1.99. The van der Waals surface area contributed by atoms with Crippen LogP contribution in [0.3, 0.4) is 0 Å². The molecule has 0 spiro atoms. The number of hydrogen-bond acceptors (Lipinski definition) is 5. The second kappa shape index (κ2) is 6.25. The number of thioether (sulfide) groups is 1. The highest BCUT2D eigenvalue weighted by atomic mass is 32.2. The molecule has 2 aromatic heterocycles. The number of aromatic amines is 2. The van der Waals surface area contributed by atoms with Gasteiger partial charge in [-0.2, -0.15) is 0 Å². The van der Waals surface area contributed by atoms with E-state index >= 15 is 0 Å². The maximum absolute atomic E-state index is 12.2. The molecule has 0 bridgehead atoms. The minimum Gasteiger partial charge on any atom is -0.497 e. The van der Waals surface area contributed by atoms with Crippen molar-refractivity contribution in [3.05, 3.63) is 58.6 Å². The number of para-hydroxylation sites is 1. The number of rotatable bonds is 4. The third-order valence-corrected chi connectivity index (χ3v) is 4.97. The number of hydrogen-bond donors (Lipinski definition) is 2. The van der Waals surface area contributed by atoms with Crippen LogP contribution in [0.15, 0.2) is 52.4 Å². The van der Waals surface area contributed by atoms with Gasteiger partial charge in [0.1, 0.15) is 11.6 Å². The van der Waals surface area contributed by atoms with Crippen LogP contribution in [0.5, 0.6) is 5.75 Å². The number of nitrogens with one attached hydrogen (secondary N) is 2. The summed E-state index contributed by atoms with van der Waals surface area (Å²) in [5.41, 5.74) is 2.36. The number of imidazole rings is 1. The number of methoxy groups -OCH3 is 1. The lowest BCUT2D eigenvalue weighted by atomic mass is 10.2. The Morgan fingerprint density at radius 3 is 2.76 bits per heavy atom. The molecule has 0 aliphatic carbocycles. The zero-order valence-corrected chi connectivity index (χ0v) is 14.6. The molecule has 0 fully saturated rings. The van der Waals surface area contributed by atoms with Crippen molar-refractivity contribution in [2.24, 2.45) is 0 Å². The monoisotopic (exact) mass is 352 g/mol. The van der Waals surface area contributed by atoms with Crippen molar-refractivity contribution in [1.29, 1.82) is 0 Å². The van der Waals surface area contributed by atoms with Gasteiger partial charge in [-0.15, -0.1) is 0 Å². The summed E-state index contributed by atoms with van der Waals surface area (Å²) in [4.78, 5) is 27.5. The van der Waals surface area contributed by atoms with Gasteiger partial charge in [-0.1, -0.05) is 23.9 Å². The Bertz CT molecular complexity index is 1120. The molecule has 0 saturated heterocycles. The van der Waals surface area contributed by atoms with Crippen LogP contribution in [-0.4, -0.2) is 27.0 Å². The highest BCUT2D eigenvalue weighted by Gasteiger charge is 2.15. The lowest BCUT2D eigenvalue weighted by molar-refractivity contribution is 0.415. The Hall–Kier alpha value is -2.80. The molecule has 1 atom stereocenters. The van der Waals surface area contributed by atoms with E-state index in [0.717, 1.165) is 21.9 Å². The van der Waals surface area contributed by atoms with Crippen LogP contribution < -0.4 is 10.3 Å². The summed E-state index contributed by atoms with van der Waals surface area (Å²) in [5, 5.41) is 1.31. The van der Waals surface area contributed by atoms with Crippen LogP contribution >= 0.6 is 11.8 Å². The topological polar surface area (TPSA) is 83.7 Å². The fourth-order valence-electron chi connectivity index (χ4n) is 2.67. The van der Waals surface area contributed by atoms with Gasteiger partial charge in [0, 0.05) is 6.07 Å². The molecular formula is C18H16N4O2S. The van der Waals surface area contributed by atoms with Crippen molar-refractivity contribution in [3.8, 4) is 5.75 Å². The molecular weight excluding hydrogens is 336 g/mol. The van der Waals surface area contributed by atoms with Gasteiger partial charge in [-0.25, -0.2) is 9.97 Å². The van der Waals surface area contributed by atoms with Crippen LogP contribution in [0.25, 0.3) is 21.9 Å². The van der Waals surface area contributed by atoms with E-state index in [-0.39, 0.29) is 10.8 Å². The van der Waals surface area contributed by atoms with Gasteiger partial charge >= 0.3 is 0 Å². The fraction of sp³-hybridized carbons (Fsp3) is 0.167. The number of H-pyrrole nitrogens is 2. The smallest absolute Gasteiger partial charge is 0.258 e. The molecule has 0 aliphatic heterocycles. The van der Waals surface area contributed by atoms with E-state index in [1.54, 1.807) is 13.2 Å². The molecule has 0 amide bonds. The number of benzene rings is 2. The number of aromatic nitrogens is 4. The first-order valence-electron chi connectivity index (χ1n) is 7.83. The maximum Gasteiger partial charge on any atom is 0.258 e. The molecule has 6 nitrogen and oxygen atoms in total. The number of ether oxygens (including phenoxy) is 1. The van der Waals surface area contributed by atoms with Crippen molar-refractivity contribution in [1.82, 2.24) is 19.9 Å². The Balaban J connectivity index is 1.65. The van der Waals surface area contributed by atoms with Gasteiger partial charge in [0.2, 0.25) is 0 Å². The van der Waals surface area contributed by atoms with Crippen LogP contribution in [0.1, 0.15) is 18.0 Å². The lowest BCUT2D eigenvalue weighted by Gasteiger charge is -2.09. The standard InChI is InChI=1S/C18H16N4O2S/c1-10(16-19-13-6-4-3-5-12(13)17(23)22-16)25-18-20-14-8-7-11(24-2)9-15(14)21-18/h3-10H,1-2H3,(H,20,21)(H,19,22,23)/t10-/m1/s1. The minimum absolute atomic E-state index is 0.0558. The number of nitrogens with zero attached hydrogens (tertiary/aromatic N) is 2. The van der Waals surface area contributed by atoms with Crippen molar-refractivity contribution >= 4 is 33.7 Å². The summed E-state index contributed by atoms with van der Waals surface area (Å²) in [7, 11) is 1.64. The average molecular weight is 352 g/mol. The van der Waals surface area contributed by atoms with Crippen LogP contribution in [0.4, 0.5) is 0 Å². The van der Waals surface area contributed by atoms with E-state index in [1.807, 2.05) is 43.3 Å². The third kappa shape index (κ3) is 2.98. The molecule has 0 radical (unpaired) electrons. The SMILES string of the molecule is COc1ccc2nc(S[C@H](C)c3nc4ccccc4c(=O)[nH]3)[nH]c2c1. The van der Waals surface area contributed by atoms with Crippen LogP contribution in [0.2, 0.25) is 0 Å². The Labute approximate surface area is 147 Å². The molecule has 2 N–H and O–H groups in total. The quantitative estimate of drug-likeness (QED) is 0.548. The predicted molar refractivity (Wildman–Crippen MR) is 99.3 cm³/mol. The van der Waals surface area contributed by atoms with E-state index in [1.165, 1.54) is 11.8 Å². The zero-order valence-electron chi connectivity index (χ0n) is 13.7. The van der Waals surface area contributed by atoms with Crippen molar-refractivity contribution in [2.45, 2.75) is 17.3 Å². The largest absolute Gasteiger partial charge is 0.497 e. The Kier molecular flexibility index (Phi) is 3.93. The van der Waals surface area contributed by atoms with E-state index in [0.29, 0.717) is 16.7 Å². The van der Waals surface area contributed by atoms with Gasteiger partial charge in [-0.05, 0) is 31.2 Å². The zero-order chi connectivity index (χ0) is 17.4. The Morgan fingerprint density at radius 2 is 1.92 bits per heavy atom. The fourth-order valence-corrected chi connectivity index (χ4v) is 3.55. The van der Waals surface area contributed by atoms with E-state index in [9.17, 15) is 4.79 Å². The van der Waals surface area contributed by atoms with Crippen molar-refractivity contribution < 1.29 is 4.74 Å². The first-order chi connectivity index (χ1) is 12.1. The molecule has 126 valence electrons. The van der Waals surface area contributed by atoms with Crippen molar-refractivity contribution in [2.75, 3.05) is 7.11 Å².